The minimum absolute atomic E-state index is 0.631. The summed E-state index contributed by atoms with van der Waals surface area (Å²) in [7, 11) is 0. The Hall–Kier alpha value is -0.980. The molecule has 0 spiro atoms. The first kappa shape index (κ1) is 11.5. The van der Waals surface area contributed by atoms with Gasteiger partial charge < -0.3 is 11.1 Å². The number of hydrogen-bond donors (Lipinski definition) is 2. The van der Waals surface area contributed by atoms with Crippen LogP contribution in [0.2, 0.25) is 0 Å². The van der Waals surface area contributed by atoms with E-state index >= 15 is 0 Å². The quantitative estimate of drug-likeness (QED) is 0.799. The summed E-state index contributed by atoms with van der Waals surface area (Å²) in [6, 6.07) is 0. The molecule has 0 aliphatic heterocycles. The van der Waals surface area contributed by atoms with E-state index in [1.54, 1.807) is 11.3 Å². The Kier molecular flexibility index (Phi) is 3.87. The van der Waals surface area contributed by atoms with Gasteiger partial charge >= 0.3 is 0 Å². The van der Waals surface area contributed by atoms with Crippen LogP contribution in [0.25, 0.3) is 0 Å². The summed E-state index contributed by atoms with van der Waals surface area (Å²) in [6.07, 6.45) is 2.79. The molecule has 0 aromatic carbocycles. The fraction of sp³-hybridized carbons (Fsp3) is 0.400. The van der Waals surface area contributed by atoms with Crippen molar-refractivity contribution in [1.29, 1.82) is 0 Å². The lowest BCUT2D eigenvalue weighted by atomic mass is 10.3. The topological polar surface area (TPSA) is 63.8 Å². The Labute approximate surface area is 103 Å². The summed E-state index contributed by atoms with van der Waals surface area (Å²) >= 11 is 3.23. The third-order valence-electron chi connectivity index (χ3n) is 2.10. The molecule has 0 aliphatic rings. The van der Waals surface area contributed by atoms with E-state index < -0.39 is 0 Å². The van der Waals surface area contributed by atoms with Crippen LogP contribution >= 0.6 is 22.7 Å². The van der Waals surface area contributed by atoms with Crippen LogP contribution in [0.3, 0.4) is 0 Å². The van der Waals surface area contributed by atoms with E-state index in [4.69, 9.17) is 5.73 Å². The number of rotatable bonds is 5. The molecule has 0 radical (unpaired) electrons. The van der Waals surface area contributed by atoms with E-state index in [0.29, 0.717) is 5.13 Å². The number of nitrogens with one attached hydrogen (secondary N) is 1. The van der Waals surface area contributed by atoms with Crippen molar-refractivity contribution in [2.75, 3.05) is 12.3 Å². The van der Waals surface area contributed by atoms with Crippen molar-refractivity contribution >= 4 is 27.8 Å². The molecule has 4 nitrogen and oxygen atoms in total. The van der Waals surface area contributed by atoms with Crippen LogP contribution < -0.4 is 11.1 Å². The zero-order chi connectivity index (χ0) is 11.4. The van der Waals surface area contributed by atoms with Gasteiger partial charge in [-0.25, -0.2) is 9.97 Å². The molecule has 6 heteroatoms. The van der Waals surface area contributed by atoms with Gasteiger partial charge in [0, 0.05) is 36.0 Å². The lowest BCUT2D eigenvalue weighted by Gasteiger charge is -2.00. The van der Waals surface area contributed by atoms with Crippen molar-refractivity contribution < 1.29 is 0 Å². The number of hydrogen-bond acceptors (Lipinski definition) is 6. The van der Waals surface area contributed by atoms with Crippen LogP contribution in [0.15, 0.2) is 11.6 Å². The highest BCUT2D eigenvalue weighted by atomic mass is 32.1. The first-order chi connectivity index (χ1) is 7.74. The van der Waals surface area contributed by atoms with E-state index in [0.717, 1.165) is 24.5 Å². The van der Waals surface area contributed by atoms with Gasteiger partial charge in [-0.05, 0) is 6.92 Å². The molecule has 2 rings (SSSR count). The molecular formula is C10H14N4S2. The van der Waals surface area contributed by atoms with Gasteiger partial charge in [0.15, 0.2) is 5.13 Å². The number of aromatic nitrogens is 2. The van der Waals surface area contributed by atoms with Gasteiger partial charge in [0.1, 0.15) is 0 Å². The second-order valence-electron chi connectivity index (χ2n) is 3.45. The summed E-state index contributed by atoms with van der Waals surface area (Å²) in [5, 5.41) is 7.23. The average Bonchev–Trinajstić information content (AvgIpc) is 2.83. The zero-order valence-electron chi connectivity index (χ0n) is 9.06. The second-order valence-corrected chi connectivity index (χ2v) is 5.66. The molecule has 2 aromatic rings. The van der Waals surface area contributed by atoms with Crippen LogP contribution in [0.4, 0.5) is 5.13 Å². The van der Waals surface area contributed by atoms with E-state index in [2.05, 4.69) is 20.7 Å². The van der Waals surface area contributed by atoms with Crippen LogP contribution in [0.1, 0.15) is 15.6 Å². The first-order valence-electron chi connectivity index (χ1n) is 5.06. The van der Waals surface area contributed by atoms with Gasteiger partial charge in [-0.3, -0.25) is 0 Å². The number of nitrogens with two attached hydrogens (primary N) is 1. The Bertz CT molecular complexity index is 407. The number of aryl methyl sites for hydroxylation is 1. The summed E-state index contributed by atoms with van der Waals surface area (Å²) in [6.45, 7) is 3.79. The maximum atomic E-state index is 5.55. The minimum atomic E-state index is 0.631. The van der Waals surface area contributed by atoms with Gasteiger partial charge in [-0.15, -0.1) is 22.7 Å². The van der Waals surface area contributed by atoms with Gasteiger partial charge in [0.05, 0.1) is 10.7 Å². The normalized spacial score (nSPS) is 10.8. The summed E-state index contributed by atoms with van der Waals surface area (Å²) in [5.41, 5.74) is 6.71. The first-order valence-corrected chi connectivity index (χ1v) is 6.75. The maximum absolute atomic E-state index is 5.55. The fourth-order valence-corrected chi connectivity index (χ4v) is 2.66. The second kappa shape index (κ2) is 5.38. The largest absolute Gasteiger partial charge is 0.375 e. The van der Waals surface area contributed by atoms with Gasteiger partial charge in [0.25, 0.3) is 0 Å². The number of nitrogen functional groups attached to an aromatic ring is 1. The van der Waals surface area contributed by atoms with E-state index in [1.165, 1.54) is 21.9 Å². The van der Waals surface area contributed by atoms with Crippen molar-refractivity contribution in [3.8, 4) is 0 Å². The Morgan fingerprint density at radius 1 is 1.50 bits per heavy atom. The number of anilines is 1. The SMILES string of the molecule is Cc1nc(CCNCc2cnc(N)s2)cs1. The molecule has 0 fully saturated rings. The highest BCUT2D eigenvalue weighted by Crippen LogP contribution is 2.13. The molecular weight excluding hydrogens is 240 g/mol. The Morgan fingerprint density at radius 3 is 3.00 bits per heavy atom. The molecule has 2 heterocycles. The molecule has 2 aromatic heterocycles. The van der Waals surface area contributed by atoms with Crippen molar-refractivity contribution in [3.05, 3.63) is 27.2 Å². The van der Waals surface area contributed by atoms with Gasteiger partial charge in [-0.1, -0.05) is 0 Å². The lowest BCUT2D eigenvalue weighted by Crippen LogP contribution is -2.16. The van der Waals surface area contributed by atoms with Crippen molar-refractivity contribution in [2.24, 2.45) is 0 Å². The average molecular weight is 254 g/mol. The third kappa shape index (κ3) is 3.26. The monoisotopic (exact) mass is 254 g/mol. The van der Waals surface area contributed by atoms with Crippen molar-refractivity contribution in [3.63, 3.8) is 0 Å². The highest BCUT2D eigenvalue weighted by molar-refractivity contribution is 7.15. The summed E-state index contributed by atoms with van der Waals surface area (Å²) in [5.74, 6) is 0. The molecule has 86 valence electrons. The third-order valence-corrected chi connectivity index (χ3v) is 3.74. The molecule has 0 saturated carbocycles. The zero-order valence-corrected chi connectivity index (χ0v) is 10.7. The highest BCUT2D eigenvalue weighted by Gasteiger charge is 2.00. The molecule has 0 aliphatic carbocycles. The molecule has 0 amide bonds. The minimum Gasteiger partial charge on any atom is -0.375 e. The van der Waals surface area contributed by atoms with Crippen molar-refractivity contribution in [2.45, 2.75) is 19.9 Å². The maximum Gasteiger partial charge on any atom is 0.180 e. The Morgan fingerprint density at radius 2 is 2.38 bits per heavy atom. The summed E-state index contributed by atoms with van der Waals surface area (Å²) < 4.78 is 0. The molecule has 0 saturated heterocycles. The van der Waals surface area contributed by atoms with E-state index in [-0.39, 0.29) is 0 Å². The lowest BCUT2D eigenvalue weighted by molar-refractivity contribution is 0.686. The Balaban J connectivity index is 1.69. The van der Waals surface area contributed by atoms with Crippen molar-refractivity contribution in [1.82, 2.24) is 15.3 Å². The predicted octanol–water partition coefficient (Wildman–Crippen LogP) is 1.82. The van der Waals surface area contributed by atoms with E-state index in [9.17, 15) is 0 Å². The molecule has 0 unspecified atom stereocenters. The molecule has 0 atom stereocenters. The molecule has 16 heavy (non-hydrogen) atoms. The summed E-state index contributed by atoms with van der Waals surface area (Å²) in [4.78, 5) is 9.58. The smallest absolute Gasteiger partial charge is 0.180 e. The van der Waals surface area contributed by atoms with Gasteiger partial charge in [-0.2, -0.15) is 0 Å². The van der Waals surface area contributed by atoms with Crippen LogP contribution in [-0.2, 0) is 13.0 Å². The molecule has 3 N–H and O–H groups in total. The van der Waals surface area contributed by atoms with Crippen LogP contribution in [-0.4, -0.2) is 16.5 Å². The fourth-order valence-electron chi connectivity index (χ4n) is 1.36. The van der Waals surface area contributed by atoms with Gasteiger partial charge in [0.2, 0.25) is 0 Å². The molecule has 0 bridgehead atoms. The standard InChI is InChI=1S/C10H14N4S2/c1-7-14-8(6-15-7)2-3-12-4-9-5-13-10(11)16-9/h5-6,12H,2-4H2,1H3,(H2,11,13). The predicted molar refractivity (Wildman–Crippen MR) is 68.8 cm³/mol. The van der Waals surface area contributed by atoms with Crippen LogP contribution in [0, 0.1) is 6.92 Å². The van der Waals surface area contributed by atoms with Crippen LogP contribution in [0.5, 0.6) is 0 Å². The number of nitrogens with zero attached hydrogens (tertiary/aromatic N) is 2. The number of thiazole rings is 2. The van der Waals surface area contributed by atoms with E-state index in [1.807, 2.05) is 13.1 Å².